The van der Waals surface area contributed by atoms with Gasteiger partial charge in [-0.05, 0) is 87.2 Å². The zero-order valence-corrected chi connectivity index (χ0v) is 36.6. The van der Waals surface area contributed by atoms with Crippen LogP contribution in [0.1, 0.15) is 69.5 Å². The molecule has 0 spiro atoms. The Kier molecular flexibility index (Phi) is 15.7. The first-order valence-corrected chi connectivity index (χ1v) is 21.6. The summed E-state index contributed by atoms with van der Waals surface area (Å²) in [5, 5.41) is 12.6. The van der Waals surface area contributed by atoms with Gasteiger partial charge in [-0.3, -0.25) is 4.57 Å². The van der Waals surface area contributed by atoms with Crippen molar-refractivity contribution in [3.05, 3.63) is 154 Å². The average molecular weight is 852 g/mol. The van der Waals surface area contributed by atoms with Crippen LogP contribution in [-0.4, -0.2) is 71.6 Å². The molecule has 12 nitrogen and oxygen atoms in total. The summed E-state index contributed by atoms with van der Waals surface area (Å²) in [6.07, 6.45) is -4.99. The summed E-state index contributed by atoms with van der Waals surface area (Å²) in [6.45, 7) is 10.4. The largest absolute Gasteiger partial charge is 0.497 e. The van der Waals surface area contributed by atoms with Crippen molar-refractivity contribution in [2.45, 2.75) is 96.0 Å². The van der Waals surface area contributed by atoms with Crippen LogP contribution in [0.25, 0.3) is 0 Å². The third-order valence-electron chi connectivity index (χ3n) is 10.5. The van der Waals surface area contributed by atoms with Crippen LogP contribution in [0, 0.1) is 11.3 Å². The third kappa shape index (κ3) is 10.5. The molecule has 1 aromatic heterocycles. The summed E-state index contributed by atoms with van der Waals surface area (Å²) in [6, 6.07) is 38.3. The fourth-order valence-corrected chi connectivity index (χ4v) is 9.39. The predicted octanol–water partition coefficient (Wildman–Crippen LogP) is 9.17. The molecule has 6 atom stereocenters. The first-order valence-electron chi connectivity index (χ1n) is 20.4. The van der Waals surface area contributed by atoms with E-state index in [9.17, 15) is 10.1 Å². The second-order valence-electron chi connectivity index (χ2n) is 15.2. The van der Waals surface area contributed by atoms with Gasteiger partial charge in [0.05, 0.1) is 39.4 Å². The topological polar surface area (TPSA) is 129 Å². The van der Waals surface area contributed by atoms with Gasteiger partial charge in [-0.2, -0.15) is 10.2 Å². The number of halogens is 1. The zero-order valence-electron chi connectivity index (χ0n) is 35.7. The molecule has 0 radical (unpaired) electrons. The Morgan fingerprint density at radius 3 is 1.93 bits per heavy atom. The van der Waals surface area contributed by atoms with Crippen LogP contribution in [0.4, 0.5) is 10.2 Å². The number of hydrogen-bond acceptors (Lipinski definition) is 11. The monoisotopic (exact) mass is 851 g/mol. The van der Waals surface area contributed by atoms with Crippen molar-refractivity contribution in [2.24, 2.45) is 0 Å². The zero-order chi connectivity index (χ0) is 43.5. The number of benzene rings is 4. The lowest BCUT2D eigenvalue weighted by Crippen LogP contribution is -2.45. The van der Waals surface area contributed by atoms with Gasteiger partial charge >= 0.3 is 5.69 Å². The molecule has 61 heavy (non-hydrogen) atoms. The maximum atomic E-state index is 17.5. The molecule has 1 fully saturated rings. The van der Waals surface area contributed by atoms with Gasteiger partial charge in [0.15, 0.2) is 12.4 Å². The second kappa shape index (κ2) is 21.1. The van der Waals surface area contributed by atoms with Crippen LogP contribution in [0.3, 0.4) is 0 Å². The van der Waals surface area contributed by atoms with Crippen LogP contribution >= 0.6 is 8.53 Å². The normalized spacial score (nSPS) is 18.9. The number of nitrogens with zero attached hydrogens (tertiary/aromatic N) is 4. The summed E-state index contributed by atoms with van der Waals surface area (Å²) in [5.74, 6) is 1.66. The molecular weight excluding hydrogens is 797 g/mol. The summed E-state index contributed by atoms with van der Waals surface area (Å²) < 4.78 is 58.9. The number of hydrogen-bond donors (Lipinski definition) is 1. The molecule has 4 aromatic carbocycles. The minimum atomic E-state index is -1.94. The molecule has 6 rings (SSSR count). The molecular formula is C47H55FN5O7P. The molecule has 2 heterocycles. The number of nitriles is 1. The average Bonchev–Trinajstić information content (AvgIpc) is 3.60. The molecule has 0 amide bonds. The van der Waals surface area contributed by atoms with Crippen LogP contribution < -0.4 is 20.5 Å². The van der Waals surface area contributed by atoms with E-state index in [4.69, 9.17) is 28.0 Å². The van der Waals surface area contributed by atoms with Crippen molar-refractivity contribution >= 4 is 14.3 Å². The lowest BCUT2D eigenvalue weighted by molar-refractivity contribution is -0.135. The molecule has 0 saturated carbocycles. The van der Waals surface area contributed by atoms with E-state index >= 15 is 4.39 Å². The Morgan fingerprint density at radius 1 is 0.852 bits per heavy atom. The molecule has 0 aliphatic carbocycles. The van der Waals surface area contributed by atoms with Crippen LogP contribution in [0.2, 0.25) is 0 Å². The van der Waals surface area contributed by atoms with Gasteiger partial charge in [0.2, 0.25) is 0 Å². The van der Waals surface area contributed by atoms with Crippen molar-refractivity contribution in [2.75, 3.05) is 26.1 Å². The molecule has 1 aliphatic heterocycles. The smallest absolute Gasteiger partial charge is 0.351 e. The van der Waals surface area contributed by atoms with Crippen molar-refractivity contribution in [3.63, 3.8) is 0 Å². The van der Waals surface area contributed by atoms with Gasteiger partial charge in [-0.1, -0.05) is 84.9 Å². The first-order chi connectivity index (χ1) is 29.5. The van der Waals surface area contributed by atoms with Crippen molar-refractivity contribution in [1.29, 1.82) is 5.26 Å². The summed E-state index contributed by atoms with van der Waals surface area (Å²) in [7, 11) is 1.27. The molecule has 5 aromatic rings. The Balaban J connectivity index is 1.44. The molecule has 322 valence electrons. The number of alkyl halides is 1. The minimum Gasteiger partial charge on any atom is -0.497 e. The van der Waals surface area contributed by atoms with Crippen LogP contribution in [0.15, 0.2) is 126 Å². The molecule has 1 N–H and O–H groups in total. The SMILES string of the molecule is COc1ccc(C(O[C@@H](C)C2O[C@@H](n3ccc(NCc4ccccc4)nc3=O)[C@H](F)[C@@H]2OP(OCCC#N)N(C(C)C)C(C)C)(c2ccccc2)c2ccc(OC)cc2)cc1. The number of ether oxygens (including phenoxy) is 4. The quantitative estimate of drug-likeness (QED) is 0.0457. The van der Waals surface area contributed by atoms with Gasteiger partial charge < -0.3 is 33.3 Å². The number of aromatic nitrogens is 2. The summed E-state index contributed by atoms with van der Waals surface area (Å²) in [5.41, 5.74) is 1.37. The number of methoxy groups -OCH3 is 2. The third-order valence-corrected chi connectivity index (χ3v) is 12.6. The Morgan fingerprint density at radius 2 is 1.41 bits per heavy atom. The van der Waals surface area contributed by atoms with E-state index in [2.05, 4.69) is 16.4 Å². The highest BCUT2D eigenvalue weighted by Gasteiger charge is 2.54. The van der Waals surface area contributed by atoms with Crippen molar-refractivity contribution < 1.29 is 32.4 Å². The number of rotatable bonds is 20. The van der Waals surface area contributed by atoms with Crippen LogP contribution in [-0.2, 0) is 30.7 Å². The van der Waals surface area contributed by atoms with Gasteiger partial charge in [-0.15, -0.1) is 0 Å². The standard InChI is InChI=1S/C47H55FN5O7P/c1-32(2)53(33(3)4)61(57-30-14-28-49)60-44-42(48)45(52-29-27-41(51-46(52)54)50-31-35-15-10-8-11-16-35)58-43(44)34(5)59-47(36-17-12-9-13-18-36,37-19-23-39(55-6)24-20-37)38-21-25-40(56-7)26-22-38/h8-13,15-27,29,32-34,42-45H,14,30-31H2,1-7H3,(H,50,51,54)/t34-,42+,43?,44-,45+,61?/m0/s1. The lowest BCUT2D eigenvalue weighted by Gasteiger charge is -2.41. The molecule has 2 unspecified atom stereocenters. The predicted molar refractivity (Wildman–Crippen MR) is 234 cm³/mol. The Labute approximate surface area is 359 Å². The van der Waals surface area contributed by atoms with Crippen molar-refractivity contribution in [1.82, 2.24) is 14.2 Å². The van der Waals surface area contributed by atoms with E-state index in [-0.39, 0.29) is 25.1 Å². The highest BCUT2D eigenvalue weighted by atomic mass is 31.2. The van der Waals surface area contributed by atoms with Gasteiger partial charge in [0.1, 0.15) is 35.1 Å². The van der Waals surface area contributed by atoms with E-state index in [0.29, 0.717) is 23.9 Å². The molecule has 1 saturated heterocycles. The van der Waals surface area contributed by atoms with E-state index in [1.807, 2.05) is 148 Å². The van der Waals surface area contributed by atoms with Gasteiger partial charge in [-0.25, -0.2) is 13.9 Å². The van der Waals surface area contributed by atoms with E-state index in [0.717, 1.165) is 26.8 Å². The molecule has 1 aliphatic rings. The Hall–Kier alpha value is -5.19. The fraction of sp³-hybridized carbons (Fsp3) is 0.383. The highest BCUT2D eigenvalue weighted by Crippen LogP contribution is 2.52. The van der Waals surface area contributed by atoms with Gasteiger partial charge in [0.25, 0.3) is 8.53 Å². The fourth-order valence-electron chi connectivity index (χ4n) is 7.64. The van der Waals surface area contributed by atoms with E-state index in [1.165, 1.54) is 6.20 Å². The summed E-state index contributed by atoms with van der Waals surface area (Å²) in [4.78, 5) is 18.0. The maximum Gasteiger partial charge on any atom is 0.351 e. The van der Waals surface area contributed by atoms with Gasteiger partial charge in [0, 0.05) is 24.8 Å². The Bertz CT molecular complexity index is 2170. The molecule has 14 heteroatoms. The minimum absolute atomic E-state index is 0.0601. The van der Waals surface area contributed by atoms with E-state index in [1.54, 1.807) is 20.3 Å². The first kappa shape index (κ1) is 45.3. The second-order valence-corrected chi connectivity index (χ2v) is 16.6. The summed E-state index contributed by atoms with van der Waals surface area (Å²) >= 11 is 0. The van der Waals surface area contributed by atoms with Crippen molar-refractivity contribution in [3.8, 4) is 17.6 Å². The maximum absolute atomic E-state index is 17.5. The lowest BCUT2D eigenvalue weighted by atomic mass is 9.79. The highest BCUT2D eigenvalue weighted by molar-refractivity contribution is 7.44. The number of anilines is 1. The van der Waals surface area contributed by atoms with E-state index < -0.39 is 50.5 Å². The number of nitrogens with one attached hydrogen (secondary N) is 1. The molecule has 0 bridgehead atoms. The van der Waals surface area contributed by atoms with Crippen LogP contribution in [0.5, 0.6) is 11.5 Å².